The lowest BCUT2D eigenvalue weighted by molar-refractivity contribution is -0.173. The largest absolute Gasteiger partial charge is 0.411 e. The molecule has 0 aliphatic heterocycles. The zero-order chi connectivity index (χ0) is 13.2. The number of aryl methyl sites for hydroxylation is 1. The molecule has 0 fully saturated rings. The highest BCUT2D eigenvalue weighted by molar-refractivity contribution is 5.70. The van der Waals surface area contributed by atoms with Crippen LogP contribution in [-0.2, 0) is 11.2 Å². The van der Waals surface area contributed by atoms with Crippen LogP contribution in [0.4, 0.5) is 13.2 Å². The zero-order valence-corrected chi connectivity index (χ0v) is 9.71. The van der Waals surface area contributed by atoms with E-state index in [-0.39, 0.29) is 6.61 Å². The monoisotopic (exact) mass is 259 g/mol. The molecule has 0 atom stereocenters. The smallest absolute Gasteiger partial charge is 0.372 e. The molecule has 0 saturated carbocycles. The number of imidazole rings is 1. The van der Waals surface area contributed by atoms with Crippen molar-refractivity contribution in [2.24, 2.45) is 0 Å². The van der Waals surface area contributed by atoms with Crippen molar-refractivity contribution in [3.8, 4) is 0 Å². The Balaban J connectivity index is 1.92. The van der Waals surface area contributed by atoms with Crippen molar-refractivity contribution in [1.82, 2.24) is 15.0 Å². The van der Waals surface area contributed by atoms with Gasteiger partial charge in [0, 0.05) is 12.6 Å². The summed E-state index contributed by atoms with van der Waals surface area (Å²) in [5.41, 5.74) is 2.33. The van der Waals surface area contributed by atoms with E-state index < -0.39 is 12.8 Å². The van der Waals surface area contributed by atoms with Gasteiger partial charge in [-0.05, 0) is 18.6 Å². The summed E-state index contributed by atoms with van der Waals surface area (Å²) >= 11 is 0. The fourth-order valence-electron chi connectivity index (χ4n) is 1.53. The maximum absolute atomic E-state index is 11.8. The Hall–Kier alpha value is -1.63. The number of aromatic nitrogens is 3. The number of halogens is 3. The summed E-state index contributed by atoms with van der Waals surface area (Å²) in [4.78, 5) is 11.3. The van der Waals surface area contributed by atoms with Crippen molar-refractivity contribution in [2.75, 3.05) is 13.2 Å². The van der Waals surface area contributed by atoms with Gasteiger partial charge >= 0.3 is 6.18 Å². The highest BCUT2D eigenvalue weighted by Crippen LogP contribution is 2.15. The van der Waals surface area contributed by atoms with E-state index >= 15 is 0 Å². The second-order valence-corrected chi connectivity index (χ2v) is 3.99. The number of fused-ring (bicyclic) bond motifs is 1. The lowest BCUT2D eigenvalue weighted by Gasteiger charge is -2.06. The van der Waals surface area contributed by atoms with E-state index in [4.69, 9.17) is 0 Å². The third-order valence-corrected chi connectivity index (χ3v) is 2.27. The van der Waals surface area contributed by atoms with Crippen molar-refractivity contribution < 1.29 is 17.9 Å². The first-order valence-electron chi connectivity index (χ1n) is 5.40. The Morgan fingerprint density at radius 1 is 1.39 bits per heavy atom. The van der Waals surface area contributed by atoms with Gasteiger partial charge < -0.3 is 9.72 Å². The van der Waals surface area contributed by atoms with Crippen LogP contribution in [0.1, 0.15) is 11.4 Å². The average Bonchev–Trinajstić information content (AvgIpc) is 2.65. The highest BCUT2D eigenvalue weighted by atomic mass is 19.4. The van der Waals surface area contributed by atoms with Gasteiger partial charge in [0.05, 0.1) is 12.1 Å². The molecule has 2 heterocycles. The summed E-state index contributed by atoms with van der Waals surface area (Å²) in [6, 6.07) is 1.88. The molecular formula is C11H12F3N3O. The number of nitrogens with zero attached hydrogens (tertiary/aromatic N) is 2. The maximum Gasteiger partial charge on any atom is 0.411 e. The van der Waals surface area contributed by atoms with Gasteiger partial charge in [-0.25, -0.2) is 9.97 Å². The highest BCUT2D eigenvalue weighted by Gasteiger charge is 2.27. The molecule has 0 aliphatic carbocycles. The topological polar surface area (TPSA) is 50.8 Å². The summed E-state index contributed by atoms with van der Waals surface area (Å²) in [5, 5.41) is 0. The molecule has 0 aliphatic rings. The fourth-order valence-corrected chi connectivity index (χ4v) is 1.53. The van der Waals surface area contributed by atoms with Gasteiger partial charge in [-0.2, -0.15) is 13.2 Å². The Morgan fingerprint density at radius 2 is 2.17 bits per heavy atom. The summed E-state index contributed by atoms with van der Waals surface area (Å²) in [5.74, 6) is 0.574. The van der Waals surface area contributed by atoms with Gasteiger partial charge in [0.25, 0.3) is 0 Å². The number of hydrogen-bond acceptors (Lipinski definition) is 3. The number of alkyl halides is 3. The quantitative estimate of drug-likeness (QED) is 0.858. The van der Waals surface area contributed by atoms with Crippen LogP contribution in [0.2, 0.25) is 0 Å². The second-order valence-electron chi connectivity index (χ2n) is 3.99. The van der Waals surface area contributed by atoms with Crippen LogP contribution in [0.15, 0.2) is 12.3 Å². The Labute approximate surface area is 101 Å². The second kappa shape index (κ2) is 4.93. The third-order valence-electron chi connectivity index (χ3n) is 2.27. The predicted molar refractivity (Wildman–Crippen MR) is 59.2 cm³/mol. The number of H-pyrrole nitrogens is 1. The normalized spacial score (nSPS) is 12.2. The van der Waals surface area contributed by atoms with Crippen LogP contribution < -0.4 is 0 Å². The first kappa shape index (κ1) is 12.8. The van der Waals surface area contributed by atoms with Gasteiger partial charge in [-0.3, -0.25) is 0 Å². The molecule has 0 bridgehead atoms. The summed E-state index contributed by atoms with van der Waals surface area (Å²) in [6.07, 6.45) is -2.30. The lowest BCUT2D eigenvalue weighted by Crippen LogP contribution is -2.18. The van der Waals surface area contributed by atoms with Crippen molar-refractivity contribution in [1.29, 1.82) is 0 Å². The van der Waals surface area contributed by atoms with E-state index in [1.54, 1.807) is 6.20 Å². The van der Waals surface area contributed by atoms with Crippen molar-refractivity contribution >= 4 is 11.2 Å². The van der Waals surface area contributed by atoms with Gasteiger partial charge in [-0.15, -0.1) is 0 Å². The summed E-state index contributed by atoms with van der Waals surface area (Å²) in [7, 11) is 0. The Bertz CT molecular complexity index is 536. The van der Waals surface area contributed by atoms with Crippen LogP contribution in [0.25, 0.3) is 11.2 Å². The van der Waals surface area contributed by atoms with Gasteiger partial charge in [-0.1, -0.05) is 0 Å². The van der Waals surface area contributed by atoms with Crippen molar-refractivity contribution in [2.45, 2.75) is 19.5 Å². The molecule has 4 nitrogen and oxygen atoms in total. The first-order chi connectivity index (χ1) is 8.44. The number of rotatable bonds is 4. The molecule has 2 aromatic heterocycles. The predicted octanol–water partition coefficient (Wildman–Crippen LogP) is 2.39. The zero-order valence-electron chi connectivity index (χ0n) is 9.71. The average molecular weight is 259 g/mol. The number of pyridine rings is 1. The van der Waals surface area contributed by atoms with Gasteiger partial charge in [0.15, 0.2) is 5.65 Å². The van der Waals surface area contributed by atoms with Crippen molar-refractivity contribution in [3.05, 3.63) is 23.7 Å². The summed E-state index contributed by atoms with van der Waals surface area (Å²) < 4.78 is 40.0. The van der Waals surface area contributed by atoms with Gasteiger partial charge in [0.1, 0.15) is 12.4 Å². The molecular weight excluding hydrogens is 247 g/mol. The van der Waals surface area contributed by atoms with Crippen LogP contribution in [-0.4, -0.2) is 34.3 Å². The fraction of sp³-hybridized carbons (Fsp3) is 0.455. The van der Waals surface area contributed by atoms with Crippen LogP contribution in [0.5, 0.6) is 0 Å². The SMILES string of the molecule is Cc1cnc2nc(CCOCC(F)(F)F)[nH]c2c1. The Morgan fingerprint density at radius 3 is 2.89 bits per heavy atom. The molecule has 0 radical (unpaired) electrons. The maximum atomic E-state index is 11.8. The first-order valence-corrected chi connectivity index (χ1v) is 5.40. The number of aromatic amines is 1. The minimum Gasteiger partial charge on any atom is -0.372 e. The van der Waals surface area contributed by atoms with Crippen LogP contribution in [0.3, 0.4) is 0 Å². The Kier molecular flexibility index (Phi) is 3.51. The molecule has 0 spiro atoms. The van der Waals surface area contributed by atoms with E-state index in [2.05, 4.69) is 19.7 Å². The summed E-state index contributed by atoms with van der Waals surface area (Å²) in [6.45, 7) is 0.641. The molecule has 1 N–H and O–H groups in total. The molecule has 7 heteroatoms. The molecule has 18 heavy (non-hydrogen) atoms. The molecule has 98 valence electrons. The third kappa shape index (κ3) is 3.43. The van der Waals surface area contributed by atoms with Crippen molar-refractivity contribution in [3.63, 3.8) is 0 Å². The van der Waals surface area contributed by atoms with Crippen LogP contribution in [0, 0.1) is 6.92 Å². The molecule has 0 amide bonds. The van der Waals surface area contributed by atoms with E-state index in [1.807, 2.05) is 13.0 Å². The molecule has 2 rings (SSSR count). The van der Waals surface area contributed by atoms with E-state index in [0.29, 0.717) is 17.9 Å². The van der Waals surface area contributed by atoms with E-state index in [1.165, 1.54) is 0 Å². The van der Waals surface area contributed by atoms with Gasteiger partial charge in [0.2, 0.25) is 0 Å². The minimum absolute atomic E-state index is 0.0295. The standard InChI is InChI=1S/C11H12F3N3O/c1-7-4-8-10(15-5-7)17-9(16-8)2-3-18-6-11(12,13)14/h4-5H,2-3,6H2,1H3,(H,15,16,17). The lowest BCUT2D eigenvalue weighted by atomic mass is 10.3. The molecule has 0 unspecified atom stereocenters. The molecule has 0 aromatic carbocycles. The number of hydrogen-bond donors (Lipinski definition) is 1. The molecule has 2 aromatic rings. The number of ether oxygens (including phenoxy) is 1. The molecule has 0 saturated heterocycles. The van der Waals surface area contributed by atoms with E-state index in [0.717, 1.165) is 11.1 Å². The minimum atomic E-state index is -4.29. The van der Waals surface area contributed by atoms with E-state index in [9.17, 15) is 13.2 Å². The number of nitrogens with one attached hydrogen (secondary N) is 1. The van der Waals surface area contributed by atoms with Crippen LogP contribution >= 0.6 is 0 Å².